The number of carbonyl (C=O) groups is 1. The number of H-pyrrole nitrogens is 1. The zero-order valence-corrected chi connectivity index (χ0v) is 13.1. The van der Waals surface area contributed by atoms with E-state index in [2.05, 4.69) is 15.4 Å². The predicted molar refractivity (Wildman–Crippen MR) is 86.5 cm³/mol. The molecule has 0 amide bonds. The zero-order valence-electron chi connectivity index (χ0n) is 13.1. The third-order valence-electron chi connectivity index (χ3n) is 3.26. The van der Waals surface area contributed by atoms with E-state index in [1.54, 1.807) is 42.5 Å². The van der Waals surface area contributed by atoms with Crippen molar-refractivity contribution in [3.05, 3.63) is 54.2 Å². The molecule has 2 N–H and O–H groups in total. The average Bonchev–Trinajstić information content (AvgIpc) is 3.03. The van der Waals surface area contributed by atoms with Crippen molar-refractivity contribution in [2.24, 2.45) is 0 Å². The van der Waals surface area contributed by atoms with Gasteiger partial charge in [-0.3, -0.25) is 0 Å². The summed E-state index contributed by atoms with van der Waals surface area (Å²) in [6.45, 7) is 1.31. The summed E-state index contributed by atoms with van der Waals surface area (Å²) in [5.41, 5.74) is 1.42. The van der Waals surface area contributed by atoms with E-state index in [0.29, 0.717) is 11.5 Å². The molecule has 3 rings (SSSR count). The van der Waals surface area contributed by atoms with Gasteiger partial charge in [-0.05, 0) is 35.4 Å². The molecule has 2 aromatic carbocycles. The van der Waals surface area contributed by atoms with Crippen molar-refractivity contribution < 1.29 is 23.8 Å². The summed E-state index contributed by atoms with van der Waals surface area (Å²) in [7, 11) is 0. The molecular formula is C17H14FN3O4. The summed E-state index contributed by atoms with van der Waals surface area (Å²) in [6.07, 6.45) is -1.39. The summed E-state index contributed by atoms with van der Waals surface area (Å²) in [5, 5.41) is 18.2. The van der Waals surface area contributed by atoms with Crippen molar-refractivity contribution in [3.8, 4) is 28.5 Å². The lowest BCUT2D eigenvalue weighted by atomic mass is 10.1. The van der Waals surface area contributed by atoms with E-state index in [-0.39, 0.29) is 11.6 Å². The average molecular weight is 343 g/mol. The van der Waals surface area contributed by atoms with Crippen molar-refractivity contribution >= 4 is 5.97 Å². The summed E-state index contributed by atoms with van der Waals surface area (Å²) in [4.78, 5) is 11.0. The van der Waals surface area contributed by atoms with Gasteiger partial charge in [0.2, 0.25) is 12.1 Å². The van der Waals surface area contributed by atoms with E-state index in [1.165, 1.54) is 6.92 Å². The molecule has 1 unspecified atom stereocenters. The Hall–Kier alpha value is -3.42. The Bertz CT molecular complexity index is 878. The standard InChI is InChI=1S/C17H14FN3O4/c1-10(18)24-14-4-2-3-12(9-14)11-5-7-13(8-6-11)25-16-15(17(22)23)19-21-20-16/h2-10H,1H3,(H,22,23)(H,19,20,21). The first-order chi connectivity index (χ1) is 12.0. The van der Waals surface area contributed by atoms with Gasteiger partial charge in [0.15, 0.2) is 0 Å². The molecule has 0 aliphatic heterocycles. The number of nitrogens with one attached hydrogen (secondary N) is 1. The predicted octanol–water partition coefficient (Wildman–Crippen LogP) is 3.66. The van der Waals surface area contributed by atoms with Crippen molar-refractivity contribution in [2.45, 2.75) is 13.3 Å². The smallest absolute Gasteiger partial charge is 0.362 e. The highest BCUT2D eigenvalue weighted by atomic mass is 19.1. The monoisotopic (exact) mass is 343 g/mol. The van der Waals surface area contributed by atoms with Gasteiger partial charge in [0, 0.05) is 6.92 Å². The van der Waals surface area contributed by atoms with Gasteiger partial charge >= 0.3 is 5.97 Å². The number of aromatic carboxylic acids is 1. The Kier molecular flexibility index (Phi) is 4.60. The molecule has 0 aliphatic carbocycles. The Balaban J connectivity index is 1.78. The van der Waals surface area contributed by atoms with Crippen LogP contribution in [0.2, 0.25) is 0 Å². The first kappa shape index (κ1) is 16.4. The molecule has 0 fully saturated rings. The van der Waals surface area contributed by atoms with Crippen LogP contribution in [0.4, 0.5) is 4.39 Å². The third kappa shape index (κ3) is 3.92. The molecule has 7 nitrogen and oxygen atoms in total. The highest BCUT2D eigenvalue weighted by molar-refractivity contribution is 5.87. The fraction of sp³-hybridized carbons (Fsp3) is 0.118. The Morgan fingerprint density at radius 1 is 1.16 bits per heavy atom. The number of carboxylic acids is 1. The van der Waals surface area contributed by atoms with Crippen LogP contribution in [0.3, 0.4) is 0 Å². The van der Waals surface area contributed by atoms with Gasteiger partial charge < -0.3 is 14.6 Å². The molecular weight excluding hydrogens is 329 g/mol. The largest absolute Gasteiger partial charge is 0.476 e. The van der Waals surface area contributed by atoms with Crippen LogP contribution < -0.4 is 9.47 Å². The van der Waals surface area contributed by atoms with E-state index in [0.717, 1.165) is 11.1 Å². The molecule has 1 heterocycles. The third-order valence-corrected chi connectivity index (χ3v) is 3.26. The second kappa shape index (κ2) is 7.00. The molecule has 0 saturated heterocycles. The van der Waals surface area contributed by atoms with E-state index < -0.39 is 12.3 Å². The minimum atomic E-state index is -1.39. The van der Waals surface area contributed by atoms with E-state index >= 15 is 0 Å². The van der Waals surface area contributed by atoms with Gasteiger partial charge in [-0.1, -0.05) is 29.5 Å². The van der Waals surface area contributed by atoms with Crippen LogP contribution in [-0.2, 0) is 0 Å². The topological polar surface area (TPSA) is 97.3 Å². The van der Waals surface area contributed by atoms with Crippen LogP contribution in [0.1, 0.15) is 17.4 Å². The quantitative estimate of drug-likeness (QED) is 0.709. The first-order valence-corrected chi connectivity index (χ1v) is 7.36. The second-order valence-corrected chi connectivity index (χ2v) is 5.11. The maximum atomic E-state index is 13.0. The molecule has 1 aromatic heterocycles. The van der Waals surface area contributed by atoms with Gasteiger partial charge in [-0.15, -0.1) is 5.10 Å². The number of ether oxygens (including phenoxy) is 2. The van der Waals surface area contributed by atoms with Gasteiger partial charge in [-0.2, -0.15) is 0 Å². The lowest BCUT2D eigenvalue weighted by Gasteiger charge is -2.09. The molecule has 8 heteroatoms. The van der Waals surface area contributed by atoms with E-state index in [9.17, 15) is 9.18 Å². The maximum Gasteiger partial charge on any atom is 0.362 e. The van der Waals surface area contributed by atoms with Crippen LogP contribution in [0.5, 0.6) is 17.4 Å². The van der Waals surface area contributed by atoms with Crippen LogP contribution in [0.25, 0.3) is 11.1 Å². The van der Waals surface area contributed by atoms with Crippen LogP contribution in [0.15, 0.2) is 48.5 Å². The number of alkyl halides is 1. The first-order valence-electron chi connectivity index (χ1n) is 7.36. The second-order valence-electron chi connectivity index (χ2n) is 5.11. The number of hydrogen-bond acceptors (Lipinski definition) is 5. The molecule has 128 valence electrons. The van der Waals surface area contributed by atoms with E-state index in [1.807, 2.05) is 6.07 Å². The normalized spacial score (nSPS) is 11.8. The highest BCUT2D eigenvalue weighted by Gasteiger charge is 2.16. The van der Waals surface area contributed by atoms with Gasteiger partial charge in [0.1, 0.15) is 11.5 Å². The van der Waals surface area contributed by atoms with Crippen molar-refractivity contribution in [3.63, 3.8) is 0 Å². The number of nitrogens with zero attached hydrogens (tertiary/aromatic N) is 2. The van der Waals surface area contributed by atoms with Crippen molar-refractivity contribution in [1.29, 1.82) is 0 Å². The van der Waals surface area contributed by atoms with Crippen LogP contribution in [0, 0.1) is 0 Å². The Morgan fingerprint density at radius 2 is 1.92 bits per heavy atom. The Morgan fingerprint density at radius 3 is 2.60 bits per heavy atom. The maximum absolute atomic E-state index is 13.0. The number of hydrogen-bond donors (Lipinski definition) is 2. The molecule has 25 heavy (non-hydrogen) atoms. The molecule has 0 bridgehead atoms. The summed E-state index contributed by atoms with van der Waals surface area (Å²) in [5.74, 6) is -0.434. The fourth-order valence-electron chi connectivity index (χ4n) is 2.20. The molecule has 1 atom stereocenters. The molecule has 3 aromatic rings. The number of carboxylic acid groups (broad SMARTS) is 1. The number of rotatable bonds is 6. The number of halogens is 1. The number of aromatic nitrogens is 3. The van der Waals surface area contributed by atoms with Gasteiger partial charge in [-0.25, -0.2) is 14.3 Å². The van der Waals surface area contributed by atoms with Gasteiger partial charge in [0.05, 0.1) is 0 Å². The minimum absolute atomic E-state index is 0.0485. The van der Waals surface area contributed by atoms with Gasteiger partial charge in [0.25, 0.3) is 5.88 Å². The van der Waals surface area contributed by atoms with Crippen LogP contribution >= 0.6 is 0 Å². The van der Waals surface area contributed by atoms with E-state index in [4.69, 9.17) is 14.6 Å². The SMILES string of the molecule is CC(F)Oc1cccc(-c2ccc(Oc3[nH]nnc3C(=O)O)cc2)c1. The molecule has 0 saturated carbocycles. The number of benzene rings is 2. The fourth-order valence-corrected chi connectivity index (χ4v) is 2.20. The minimum Gasteiger partial charge on any atom is -0.476 e. The molecule has 0 radical (unpaired) electrons. The van der Waals surface area contributed by atoms with Crippen molar-refractivity contribution in [2.75, 3.05) is 0 Å². The summed E-state index contributed by atoms with van der Waals surface area (Å²) >= 11 is 0. The molecule has 0 aliphatic rings. The summed E-state index contributed by atoms with van der Waals surface area (Å²) in [6, 6.07) is 14.0. The van der Waals surface area contributed by atoms with Crippen molar-refractivity contribution in [1.82, 2.24) is 15.4 Å². The summed E-state index contributed by atoms with van der Waals surface area (Å²) < 4.78 is 23.4. The highest BCUT2D eigenvalue weighted by Crippen LogP contribution is 2.28. The molecule has 0 spiro atoms. The lowest BCUT2D eigenvalue weighted by molar-refractivity contribution is 0.0687. The lowest BCUT2D eigenvalue weighted by Crippen LogP contribution is -2.03. The Labute approximate surface area is 142 Å². The van der Waals surface area contributed by atoms with Crippen LogP contribution in [-0.4, -0.2) is 32.8 Å². The zero-order chi connectivity index (χ0) is 17.8. The number of aromatic amines is 1.